The second kappa shape index (κ2) is 4.38. The number of aromatic amines is 1. The molecule has 3 rings (SSSR count). The lowest BCUT2D eigenvalue weighted by Crippen LogP contribution is -1.98. The predicted octanol–water partition coefficient (Wildman–Crippen LogP) is 3.57. The van der Waals surface area contributed by atoms with Gasteiger partial charge in [0, 0.05) is 11.4 Å². The molecule has 2 heterocycles. The van der Waals surface area contributed by atoms with E-state index in [4.69, 9.17) is 12.2 Å². The Hall–Kier alpha value is -0.940. The number of aromatic nitrogens is 3. The zero-order valence-corrected chi connectivity index (χ0v) is 11.5. The molecule has 0 bridgehead atoms. The molecule has 0 radical (unpaired) electrons. The van der Waals surface area contributed by atoms with Crippen LogP contribution in [-0.2, 0) is 19.4 Å². The van der Waals surface area contributed by atoms with Crippen LogP contribution in [-0.4, -0.2) is 14.8 Å². The zero-order valence-electron chi connectivity index (χ0n) is 9.82. The smallest absolute Gasteiger partial charge is 0.195 e. The van der Waals surface area contributed by atoms with E-state index in [0.29, 0.717) is 0 Å². The summed E-state index contributed by atoms with van der Waals surface area (Å²) >= 11 is 7.15. The molecule has 0 unspecified atom stereocenters. The number of hydrogen-bond acceptors (Lipinski definition) is 3. The van der Waals surface area contributed by atoms with Crippen molar-refractivity contribution in [3.8, 4) is 10.7 Å². The van der Waals surface area contributed by atoms with E-state index < -0.39 is 0 Å². The Kier molecular flexibility index (Phi) is 2.88. The van der Waals surface area contributed by atoms with Crippen LogP contribution in [0.1, 0.15) is 30.2 Å². The summed E-state index contributed by atoms with van der Waals surface area (Å²) in [6.45, 7) is 3.10. The van der Waals surface area contributed by atoms with Gasteiger partial charge in [-0.05, 0) is 49.5 Å². The summed E-state index contributed by atoms with van der Waals surface area (Å²) < 4.78 is 2.84. The molecular weight excluding hydrogens is 250 g/mol. The van der Waals surface area contributed by atoms with Crippen LogP contribution < -0.4 is 0 Å². The first-order valence-corrected chi connectivity index (χ1v) is 7.29. The summed E-state index contributed by atoms with van der Waals surface area (Å²) in [5.74, 6) is 1.01. The molecule has 0 fully saturated rings. The fourth-order valence-corrected chi connectivity index (χ4v) is 3.85. The Morgan fingerprint density at radius 1 is 1.53 bits per heavy atom. The summed E-state index contributed by atoms with van der Waals surface area (Å²) in [6.07, 6.45) is 4.85. The fourth-order valence-electron chi connectivity index (χ4n) is 2.38. The first-order chi connectivity index (χ1) is 8.29. The van der Waals surface area contributed by atoms with Gasteiger partial charge in [0.25, 0.3) is 0 Å². The highest BCUT2D eigenvalue weighted by atomic mass is 32.1. The average molecular weight is 265 g/mol. The van der Waals surface area contributed by atoms with Crippen LogP contribution in [0.4, 0.5) is 0 Å². The minimum absolute atomic E-state index is 0.732. The van der Waals surface area contributed by atoms with Crippen molar-refractivity contribution in [2.24, 2.45) is 0 Å². The third-order valence-corrected chi connectivity index (χ3v) is 4.72. The SMILES string of the molecule is CCCn1c(-c2cc3c(s2)CCC3)n[nH]c1=S. The maximum absolute atomic E-state index is 5.27. The van der Waals surface area contributed by atoms with Gasteiger partial charge >= 0.3 is 0 Å². The molecule has 1 aliphatic carbocycles. The number of nitrogens with zero attached hydrogens (tertiary/aromatic N) is 2. The Labute approximate surface area is 109 Å². The molecule has 0 amide bonds. The van der Waals surface area contributed by atoms with Crippen LogP contribution in [0.3, 0.4) is 0 Å². The number of rotatable bonds is 3. The van der Waals surface area contributed by atoms with E-state index in [9.17, 15) is 0 Å². The van der Waals surface area contributed by atoms with Crippen LogP contribution in [0.25, 0.3) is 10.7 Å². The van der Waals surface area contributed by atoms with Crippen LogP contribution in [0.15, 0.2) is 6.07 Å². The van der Waals surface area contributed by atoms with Crippen LogP contribution in [0, 0.1) is 4.77 Å². The van der Waals surface area contributed by atoms with Crippen molar-refractivity contribution in [2.75, 3.05) is 0 Å². The Morgan fingerprint density at radius 3 is 3.18 bits per heavy atom. The molecule has 2 aromatic heterocycles. The molecule has 0 saturated heterocycles. The van der Waals surface area contributed by atoms with Crippen molar-refractivity contribution in [3.05, 3.63) is 21.3 Å². The highest BCUT2D eigenvalue weighted by Crippen LogP contribution is 2.35. The molecule has 0 atom stereocenters. The van der Waals surface area contributed by atoms with E-state index in [2.05, 4.69) is 27.8 Å². The first kappa shape index (κ1) is 11.2. The van der Waals surface area contributed by atoms with E-state index in [1.807, 2.05) is 11.3 Å². The molecule has 0 aliphatic heterocycles. The van der Waals surface area contributed by atoms with Gasteiger partial charge < -0.3 is 0 Å². The number of hydrogen-bond donors (Lipinski definition) is 1. The Bertz CT molecular complexity index is 570. The topological polar surface area (TPSA) is 33.6 Å². The van der Waals surface area contributed by atoms with Gasteiger partial charge in [0.2, 0.25) is 0 Å². The van der Waals surface area contributed by atoms with Crippen LogP contribution >= 0.6 is 23.6 Å². The molecule has 17 heavy (non-hydrogen) atoms. The number of H-pyrrole nitrogens is 1. The standard InChI is InChI=1S/C12H15N3S2/c1-2-6-15-11(13-14-12(15)16)10-7-8-4-3-5-9(8)17-10/h7H,2-6H2,1H3,(H,14,16). The molecule has 0 saturated carbocycles. The summed E-state index contributed by atoms with van der Waals surface area (Å²) in [7, 11) is 0. The van der Waals surface area contributed by atoms with Gasteiger partial charge in [0.15, 0.2) is 10.6 Å². The van der Waals surface area contributed by atoms with E-state index in [1.165, 1.54) is 34.6 Å². The fraction of sp³-hybridized carbons (Fsp3) is 0.500. The normalized spacial score (nSPS) is 14.2. The van der Waals surface area contributed by atoms with Crippen molar-refractivity contribution >= 4 is 23.6 Å². The van der Waals surface area contributed by atoms with Gasteiger partial charge in [-0.1, -0.05) is 6.92 Å². The van der Waals surface area contributed by atoms with Gasteiger partial charge in [0.1, 0.15) is 0 Å². The van der Waals surface area contributed by atoms with E-state index >= 15 is 0 Å². The number of thiophene rings is 1. The maximum atomic E-state index is 5.27. The van der Waals surface area contributed by atoms with Gasteiger partial charge in [-0.3, -0.25) is 9.67 Å². The minimum atomic E-state index is 0.732. The highest BCUT2D eigenvalue weighted by molar-refractivity contribution is 7.71. The van der Waals surface area contributed by atoms with Crippen molar-refractivity contribution < 1.29 is 0 Å². The van der Waals surface area contributed by atoms with Crippen molar-refractivity contribution in [1.29, 1.82) is 0 Å². The van der Waals surface area contributed by atoms with Crippen LogP contribution in [0.2, 0.25) is 0 Å². The van der Waals surface area contributed by atoms with Crippen molar-refractivity contribution in [1.82, 2.24) is 14.8 Å². The van der Waals surface area contributed by atoms with Gasteiger partial charge in [0.05, 0.1) is 4.88 Å². The van der Waals surface area contributed by atoms with Crippen LogP contribution in [0.5, 0.6) is 0 Å². The van der Waals surface area contributed by atoms with E-state index in [1.54, 1.807) is 0 Å². The van der Waals surface area contributed by atoms with Gasteiger partial charge in [-0.2, -0.15) is 5.10 Å². The predicted molar refractivity (Wildman–Crippen MR) is 73.0 cm³/mol. The molecule has 0 aromatic carbocycles. The summed E-state index contributed by atoms with van der Waals surface area (Å²) in [4.78, 5) is 2.80. The molecular formula is C12H15N3S2. The number of aryl methyl sites for hydroxylation is 2. The third-order valence-electron chi connectivity index (χ3n) is 3.17. The highest BCUT2D eigenvalue weighted by Gasteiger charge is 2.18. The third kappa shape index (κ3) is 1.87. The average Bonchev–Trinajstić information content (AvgIpc) is 2.94. The molecule has 3 nitrogen and oxygen atoms in total. The largest absolute Gasteiger partial charge is 0.300 e. The molecule has 1 N–H and O–H groups in total. The van der Waals surface area contributed by atoms with E-state index in [0.717, 1.165) is 23.6 Å². The van der Waals surface area contributed by atoms with E-state index in [-0.39, 0.29) is 0 Å². The van der Waals surface area contributed by atoms with Gasteiger partial charge in [-0.25, -0.2) is 0 Å². The lowest BCUT2D eigenvalue weighted by Gasteiger charge is -2.02. The second-order valence-corrected chi connectivity index (χ2v) is 5.94. The second-order valence-electron chi connectivity index (χ2n) is 4.42. The number of nitrogens with one attached hydrogen (secondary N) is 1. The molecule has 90 valence electrons. The monoisotopic (exact) mass is 265 g/mol. The Balaban J connectivity index is 2.05. The molecule has 5 heteroatoms. The molecule has 2 aromatic rings. The van der Waals surface area contributed by atoms with Crippen molar-refractivity contribution in [2.45, 2.75) is 39.2 Å². The van der Waals surface area contributed by atoms with Crippen molar-refractivity contribution in [3.63, 3.8) is 0 Å². The maximum Gasteiger partial charge on any atom is 0.195 e. The lowest BCUT2D eigenvalue weighted by molar-refractivity contribution is 0.675. The lowest BCUT2D eigenvalue weighted by atomic mass is 10.2. The summed E-state index contributed by atoms with van der Waals surface area (Å²) in [6, 6.07) is 2.30. The minimum Gasteiger partial charge on any atom is -0.300 e. The van der Waals surface area contributed by atoms with Gasteiger partial charge in [-0.15, -0.1) is 11.3 Å². The Morgan fingerprint density at radius 2 is 2.41 bits per heavy atom. The summed E-state index contributed by atoms with van der Waals surface area (Å²) in [5, 5.41) is 7.28. The summed E-state index contributed by atoms with van der Waals surface area (Å²) in [5.41, 5.74) is 1.52. The zero-order chi connectivity index (χ0) is 11.8. The molecule has 1 aliphatic rings. The molecule has 0 spiro atoms. The quantitative estimate of drug-likeness (QED) is 0.861. The number of fused-ring (bicyclic) bond motifs is 1. The first-order valence-electron chi connectivity index (χ1n) is 6.06.